The second-order valence-electron chi connectivity index (χ2n) is 5.54. The van der Waals surface area contributed by atoms with Crippen molar-refractivity contribution in [1.29, 1.82) is 0 Å². The molecule has 112 valence electrons. The van der Waals surface area contributed by atoms with Crippen LogP contribution < -0.4 is 0 Å². The van der Waals surface area contributed by atoms with Gasteiger partial charge in [0.2, 0.25) is 0 Å². The third-order valence-electron chi connectivity index (χ3n) is 4.17. The van der Waals surface area contributed by atoms with Crippen molar-refractivity contribution in [2.45, 2.75) is 70.6 Å². The molecule has 0 aromatic heterocycles. The normalized spacial score (nSPS) is 38.7. The summed E-state index contributed by atoms with van der Waals surface area (Å²) in [5, 5.41) is 38.6. The molecule has 0 bridgehead atoms. The number of rotatable bonds is 5. The van der Waals surface area contributed by atoms with Crippen molar-refractivity contribution in [2.24, 2.45) is 5.41 Å². The molecule has 1 fully saturated rings. The van der Waals surface area contributed by atoms with Crippen molar-refractivity contribution >= 4 is 5.97 Å². The Hall–Kier alpha value is -0.690. The maximum atomic E-state index is 11.1. The molecule has 1 aliphatic rings. The fourth-order valence-electron chi connectivity index (χ4n) is 2.75. The first-order valence-electron chi connectivity index (χ1n) is 6.71. The number of aliphatic hydroxyl groups is 3. The van der Waals surface area contributed by atoms with E-state index in [-0.39, 0.29) is 0 Å². The van der Waals surface area contributed by atoms with Gasteiger partial charge in [0, 0.05) is 0 Å². The van der Waals surface area contributed by atoms with Crippen LogP contribution in [0.3, 0.4) is 0 Å². The SMILES string of the molecule is CCC[C@](C)(CC)C1O[C@H](C(=O)O)[C@@H](O)[C@H](O)[C@H]1O. The molecule has 19 heavy (non-hydrogen) atoms. The van der Waals surface area contributed by atoms with E-state index in [4.69, 9.17) is 9.84 Å². The van der Waals surface area contributed by atoms with Crippen molar-refractivity contribution in [3.8, 4) is 0 Å². The molecule has 0 amide bonds. The molecule has 1 unspecified atom stereocenters. The number of carboxylic acids is 1. The third kappa shape index (κ3) is 3.08. The highest BCUT2D eigenvalue weighted by molar-refractivity contribution is 5.73. The molecule has 0 spiro atoms. The van der Waals surface area contributed by atoms with Gasteiger partial charge < -0.3 is 25.2 Å². The van der Waals surface area contributed by atoms with E-state index < -0.39 is 41.9 Å². The van der Waals surface area contributed by atoms with Crippen molar-refractivity contribution in [3.63, 3.8) is 0 Å². The Labute approximate surface area is 113 Å². The molecule has 1 aliphatic heterocycles. The van der Waals surface area contributed by atoms with Gasteiger partial charge in [-0.05, 0) is 18.3 Å². The highest BCUT2D eigenvalue weighted by atomic mass is 16.6. The van der Waals surface area contributed by atoms with E-state index in [2.05, 4.69) is 0 Å². The number of carbonyl (C=O) groups is 1. The Balaban J connectivity index is 3.02. The van der Waals surface area contributed by atoms with Gasteiger partial charge >= 0.3 is 5.97 Å². The van der Waals surface area contributed by atoms with Crippen molar-refractivity contribution in [1.82, 2.24) is 0 Å². The lowest BCUT2D eigenvalue weighted by Gasteiger charge is -2.47. The molecule has 0 aromatic rings. The fourth-order valence-corrected chi connectivity index (χ4v) is 2.75. The van der Waals surface area contributed by atoms with E-state index in [0.29, 0.717) is 6.42 Å². The van der Waals surface area contributed by atoms with E-state index in [1.807, 2.05) is 20.8 Å². The summed E-state index contributed by atoms with van der Waals surface area (Å²) in [4.78, 5) is 11.1. The zero-order valence-electron chi connectivity index (χ0n) is 11.6. The number of carboxylic acid groups (broad SMARTS) is 1. The Morgan fingerprint density at radius 2 is 1.74 bits per heavy atom. The minimum Gasteiger partial charge on any atom is -0.479 e. The molecular weight excluding hydrogens is 252 g/mol. The van der Waals surface area contributed by atoms with Crippen molar-refractivity contribution in [2.75, 3.05) is 0 Å². The van der Waals surface area contributed by atoms with Gasteiger partial charge in [-0.15, -0.1) is 0 Å². The molecule has 1 saturated heterocycles. The van der Waals surface area contributed by atoms with Gasteiger partial charge in [0.05, 0.1) is 6.10 Å². The number of hydrogen-bond donors (Lipinski definition) is 4. The summed E-state index contributed by atoms with van der Waals surface area (Å²) >= 11 is 0. The molecule has 0 saturated carbocycles. The highest BCUT2D eigenvalue weighted by Crippen LogP contribution is 2.39. The standard InChI is InChI=1S/C13H24O6/c1-4-6-13(3,5-2)11-9(16)7(14)8(15)10(19-11)12(17)18/h7-11,14-16H,4-6H2,1-3H3,(H,17,18)/t7-,8-,9+,10-,11?,13-/m0/s1. The monoisotopic (exact) mass is 276 g/mol. The van der Waals surface area contributed by atoms with Gasteiger partial charge in [-0.1, -0.05) is 27.2 Å². The Morgan fingerprint density at radius 3 is 2.16 bits per heavy atom. The molecule has 1 heterocycles. The first kappa shape index (κ1) is 16.4. The number of ether oxygens (including phenoxy) is 1. The molecule has 0 radical (unpaired) electrons. The second kappa shape index (κ2) is 6.17. The van der Waals surface area contributed by atoms with E-state index >= 15 is 0 Å². The summed E-state index contributed by atoms with van der Waals surface area (Å²) in [7, 11) is 0. The molecule has 0 aliphatic carbocycles. The van der Waals surface area contributed by atoms with E-state index in [1.165, 1.54) is 0 Å². The zero-order chi connectivity index (χ0) is 14.8. The summed E-state index contributed by atoms with van der Waals surface area (Å²) in [6.45, 7) is 5.82. The van der Waals surface area contributed by atoms with E-state index in [9.17, 15) is 20.1 Å². The van der Waals surface area contributed by atoms with E-state index in [1.54, 1.807) is 0 Å². The summed E-state index contributed by atoms with van der Waals surface area (Å²) in [6, 6.07) is 0. The summed E-state index contributed by atoms with van der Waals surface area (Å²) in [5.74, 6) is -1.33. The van der Waals surface area contributed by atoms with Gasteiger partial charge in [0.1, 0.15) is 18.3 Å². The molecule has 6 heteroatoms. The van der Waals surface area contributed by atoms with Gasteiger partial charge in [0.15, 0.2) is 6.10 Å². The van der Waals surface area contributed by atoms with Crippen molar-refractivity contribution in [3.05, 3.63) is 0 Å². The van der Waals surface area contributed by atoms with Crippen LogP contribution >= 0.6 is 0 Å². The molecule has 6 nitrogen and oxygen atoms in total. The number of aliphatic carboxylic acids is 1. The Morgan fingerprint density at radius 1 is 1.16 bits per heavy atom. The summed E-state index contributed by atoms with van der Waals surface area (Å²) < 4.78 is 5.39. The van der Waals surface area contributed by atoms with Gasteiger partial charge in [-0.3, -0.25) is 0 Å². The Bertz CT molecular complexity index is 320. The van der Waals surface area contributed by atoms with Crippen LogP contribution in [-0.4, -0.2) is 56.9 Å². The molecule has 0 aromatic carbocycles. The van der Waals surface area contributed by atoms with Crippen LogP contribution in [0.25, 0.3) is 0 Å². The topological polar surface area (TPSA) is 107 Å². The molecule has 4 N–H and O–H groups in total. The number of hydrogen-bond acceptors (Lipinski definition) is 5. The zero-order valence-corrected chi connectivity index (χ0v) is 11.6. The maximum absolute atomic E-state index is 11.1. The molecule has 6 atom stereocenters. The lowest BCUT2D eigenvalue weighted by Crippen LogP contribution is -2.63. The van der Waals surface area contributed by atoms with Crippen LogP contribution in [0.1, 0.15) is 40.0 Å². The second-order valence-corrected chi connectivity index (χ2v) is 5.54. The summed E-state index contributed by atoms with van der Waals surface area (Å²) in [5.41, 5.74) is -0.441. The highest BCUT2D eigenvalue weighted by Gasteiger charge is 2.52. The first-order valence-corrected chi connectivity index (χ1v) is 6.71. The van der Waals surface area contributed by atoms with Crippen LogP contribution in [-0.2, 0) is 9.53 Å². The third-order valence-corrected chi connectivity index (χ3v) is 4.17. The fraction of sp³-hybridized carbons (Fsp3) is 0.923. The molecular formula is C13H24O6. The average Bonchev–Trinajstić information content (AvgIpc) is 2.35. The largest absolute Gasteiger partial charge is 0.479 e. The predicted octanol–water partition coefficient (Wildman–Crippen LogP) is 0.137. The van der Waals surface area contributed by atoms with Gasteiger partial charge in [-0.2, -0.15) is 0 Å². The van der Waals surface area contributed by atoms with Crippen LogP contribution in [0, 0.1) is 5.41 Å². The van der Waals surface area contributed by atoms with Crippen LogP contribution in [0.5, 0.6) is 0 Å². The van der Waals surface area contributed by atoms with E-state index in [0.717, 1.165) is 12.8 Å². The lowest BCUT2D eigenvalue weighted by molar-refractivity contribution is -0.251. The minimum absolute atomic E-state index is 0.441. The van der Waals surface area contributed by atoms with Crippen LogP contribution in [0.4, 0.5) is 0 Å². The smallest absolute Gasteiger partial charge is 0.335 e. The average molecular weight is 276 g/mol. The maximum Gasteiger partial charge on any atom is 0.335 e. The summed E-state index contributed by atoms with van der Waals surface area (Å²) in [6.07, 6.45) is -4.47. The molecule has 1 rings (SSSR count). The van der Waals surface area contributed by atoms with Crippen LogP contribution in [0.15, 0.2) is 0 Å². The quantitative estimate of drug-likeness (QED) is 0.569. The Kier molecular flexibility index (Phi) is 5.32. The number of aliphatic hydroxyl groups excluding tert-OH is 3. The van der Waals surface area contributed by atoms with Gasteiger partial charge in [0.25, 0.3) is 0 Å². The predicted molar refractivity (Wildman–Crippen MR) is 67.6 cm³/mol. The van der Waals surface area contributed by atoms with Crippen LogP contribution in [0.2, 0.25) is 0 Å². The lowest BCUT2D eigenvalue weighted by atomic mass is 9.72. The van der Waals surface area contributed by atoms with Gasteiger partial charge in [-0.25, -0.2) is 4.79 Å². The first-order chi connectivity index (χ1) is 8.78. The minimum atomic E-state index is -1.62. The van der Waals surface area contributed by atoms with Crippen molar-refractivity contribution < 1.29 is 30.0 Å².